The number of anilines is 1. The van der Waals surface area contributed by atoms with Crippen molar-refractivity contribution < 1.29 is 31.1 Å². The van der Waals surface area contributed by atoms with E-state index in [-0.39, 0.29) is 16.3 Å². The Bertz CT molecular complexity index is 862. The van der Waals surface area contributed by atoms with E-state index in [0.29, 0.717) is 0 Å². The maximum atomic E-state index is 12.9. The quantitative estimate of drug-likeness (QED) is 0.874. The van der Waals surface area contributed by atoms with Crippen LogP contribution in [0.2, 0.25) is 0 Å². The number of alkyl halides is 3. The molecule has 0 aliphatic heterocycles. The standard InChI is InChI=1S/C16H14F3NO4S/c1-25(22,23)12-8-6-11(7-9-12)24-10-15(21)20-14-5-3-2-4-13(14)16(17,18)19/h2-9H,10H2,1H3,(H,20,21). The van der Waals surface area contributed by atoms with E-state index in [9.17, 15) is 26.4 Å². The molecule has 0 heterocycles. The molecule has 2 aromatic carbocycles. The number of halogens is 3. The van der Waals surface area contributed by atoms with Gasteiger partial charge >= 0.3 is 6.18 Å². The van der Waals surface area contributed by atoms with Gasteiger partial charge in [-0.05, 0) is 36.4 Å². The minimum atomic E-state index is -4.59. The Hall–Kier alpha value is -2.55. The van der Waals surface area contributed by atoms with E-state index in [1.54, 1.807) is 0 Å². The molecule has 9 heteroatoms. The van der Waals surface area contributed by atoms with Gasteiger partial charge in [-0.1, -0.05) is 12.1 Å². The molecule has 0 radical (unpaired) electrons. The van der Waals surface area contributed by atoms with Crippen molar-refractivity contribution in [2.75, 3.05) is 18.2 Å². The van der Waals surface area contributed by atoms with Crippen LogP contribution in [0.3, 0.4) is 0 Å². The van der Waals surface area contributed by atoms with E-state index >= 15 is 0 Å². The summed E-state index contributed by atoms with van der Waals surface area (Å²) in [5.74, 6) is -0.560. The molecule has 0 aliphatic rings. The fraction of sp³-hybridized carbons (Fsp3) is 0.188. The van der Waals surface area contributed by atoms with Crippen LogP contribution in [0.15, 0.2) is 53.4 Å². The van der Waals surface area contributed by atoms with E-state index < -0.39 is 34.1 Å². The summed E-state index contributed by atoms with van der Waals surface area (Å²) >= 11 is 0. The van der Waals surface area contributed by atoms with Gasteiger partial charge in [0.1, 0.15) is 5.75 Å². The smallest absolute Gasteiger partial charge is 0.418 e. The van der Waals surface area contributed by atoms with Crippen LogP contribution in [0.5, 0.6) is 5.75 Å². The summed E-state index contributed by atoms with van der Waals surface area (Å²) in [6, 6.07) is 9.92. The fourth-order valence-corrected chi connectivity index (χ4v) is 2.59. The molecule has 0 aliphatic carbocycles. The Kier molecular flexibility index (Phi) is 5.36. The maximum absolute atomic E-state index is 12.9. The molecule has 5 nitrogen and oxygen atoms in total. The summed E-state index contributed by atoms with van der Waals surface area (Å²) in [7, 11) is -3.35. The summed E-state index contributed by atoms with van der Waals surface area (Å²) in [6.07, 6.45) is -3.54. The summed E-state index contributed by atoms with van der Waals surface area (Å²) in [4.78, 5) is 11.9. The van der Waals surface area contributed by atoms with E-state index in [4.69, 9.17) is 4.74 Å². The molecule has 134 valence electrons. The van der Waals surface area contributed by atoms with E-state index in [0.717, 1.165) is 18.4 Å². The van der Waals surface area contributed by atoms with Gasteiger partial charge < -0.3 is 10.1 Å². The van der Waals surface area contributed by atoms with E-state index in [1.165, 1.54) is 36.4 Å². The zero-order valence-electron chi connectivity index (χ0n) is 13.0. The van der Waals surface area contributed by atoms with Crippen LogP contribution >= 0.6 is 0 Å². The number of carbonyl (C=O) groups is 1. The Balaban J connectivity index is 2.00. The molecule has 0 saturated carbocycles. The lowest BCUT2D eigenvalue weighted by molar-refractivity contribution is -0.137. The molecule has 2 aromatic rings. The van der Waals surface area contributed by atoms with Crippen LogP contribution in [0.4, 0.5) is 18.9 Å². The number of sulfone groups is 1. The molecule has 0 spiro atoms. The number of para-hydroxylation sites is 1. The van der Waals surface area contributed by atoms with Crippen LogP contribution in [0.25, 0.3) is 0 Å². The summed E-state index contributed by atoms with van der Waals surface area (Å²) in [6.45, 7) is -0.523. The molecule has 0 aromatic heterocycles. The van der Waals surface area contributed by atoms with Crippen LogP contribution < -0.4 is 10.1 Å². The highest BCUT2D eigenvalue weighted by atomic mass is 32.2. The van der Waals surface area contributed by atoms with Crippen molar-refractivity contribution >= 4 is 21.4 Å². The van der Waals surface area contributed by atoms with Gasteiger partial charge in [-0.2, -0.15) is 13.2 Å². The molecule has 0 saturated heterocycles. The number of ether oxygens (including phenoxy) is 1. The van der Waals surface area contributed by atoms with Gasteiger partial charge in [-0.25, -0.2) is 8.42 Å². The van der Waals surface area contributed by atoms with Gasteiger partial charge in [0.25, 0.3) is 5.91 Å². The number of hydrogen-bond donors (Lipinski definition) is 1. The molecule has 0 fully saturated rings. The third-order valence-electron chi connectivity index (χ3n) is 3.13. The molecule has 25 heavy (non-hydrogen) atoms. The predicted octanol–water partition coefficient (Wildman–Crippen LogP) is 3.13. The Labute approximate surface area is 142 Å². The monoisotopic (exact) mass is 373 g/mol. The van der Waals surface area contributed by atoms with Gasteiger partial charge in [-0.3, -0.25) is 4.79 Å². The summed E-state index contributed by atoms with van der Waals surface area (Å²) in [5.41, 5.74) is -1.32. The minimum absolute atomic E-state index is 0.0865. The number of nitrogens with one attached hydrogen (secondary N) is 1. The average molecular weight is 373 g/mol. The number of benzene rings is 2. The lowest BCUT2D eigenvalue weighted by Crippen LogP contribution is -2.22. The molecule has 2 rings (SSSR count). The van der Waals surface area contributed by atoms with Crippen LogP contribution in [-0.2, 0) is 20.8 Å². The van der Waals surface area contributed by atoms with Gasteiger partial charge in [0.15, 0.2) is 16.4 Å². The molecule has 0 atom stereocenters. The number of rotatable bonds is 5. The van der Waals surface area contributed by atoms with Crippen molar-refractivity contribution in [3.8, 4) is 5.75 Å². The Morgan fingerprint density at radius 3 is 2.24 bits per heavy atom. The molecular weight excluding hydrogens is 359 g/mol. The van der Waals surface area contributed by atoms with Crippen LogP contribution in [0.1, 0.15) is 5.56 Å². The highest BCUT2D eigenvalue weighted by molar-refractivity contribution is 7.90. The van der Waals surface area contributed by atoms with E-state index in [1.807, 2.05) is 0 Å². The van der Waals surface area contributed by atoms with Crippen molar-refractivity contribution in [1.29, 1.82) is 0 Å². The van der Waals surface area contributed by atoms with Crippen molar-refractivity contribution in [2.24, 2.45) is 0 Å². The second kappa shape index (κ2) is 7.14. The summed E-state index contributed by atoms with van der Waals surface area (Å²) < 4.78 is 66.4. The van der Waals surface area contributed by atoms with Crippen LogP contribution in [-0.4, -0.2) is 27.2 Å². The minimum Gasteiger partial charge on any atom is -0.484 e. The van der Waals surface area contributed by atoms with Crippen molar-refractivity contribution in [3.63, 3.8) is 0 Å². The molecular formula is C16H14F3NO4S. The fourth-order valence-electron chi connectivity index (χ4n) is 1.96. The van der Waals surface area contributed by atoms with Gasteiger partial charge in [0, 0.05) is 6.26 Å². The number of amides is 1. The molecule has 0 unspecified atom stereocenters. The SMILES string of the molecule is CS(=O)(=O)c1ccc(OCC(=O)Nc2ccccc2C(F)(F)F)cc1. The van der Waals surface area contributed by atoms with Crippen molar-refractivity contribution in [3.05, 3.63) is 54.1 Å². The molecule has 0 bridgehead atoms. The largest absolute Gasteiger partial charge is 0.484 e. The number of carbonyl (C=O) groups excluding carboxylic acids is 1. The number of hydrogen-bond acceptors (Lipinski definition) is 4. The highest BCUT2D eigenvalue weighted by Gasteiger charge is 2.33. The lowest BCUT2D eigenvalue weighted by Gasteiger charge is -2.13. The third kappa shape index (κ3) is 5.21. The Morgan fingerprint density at radius 1 is 1.08 bits per heavy atom. The maximum Gasteiger partial charge on any atom is 0.418 e. The van der Waals surface area contributed by atoms with E-state index in [2.05, 4.69) is 5.32 Å². The zero-order valence-corrected chi connectivity index (χ0v) is 13.8. The first-order valence-electron chi connectivity index (χ1n) is 6.96. The second-order valence-electron chi connectivity index (χ2n) is 5.12. The van der Waals surface area contributed by atoms with Crippen LogP contribution in [0, 0.1) is 0 Å². The highest BCUT2D eigenvalue weighted by Crippen LogP contribution is 2.34. The first-order chi connectivity index (χ1) is 11.6. The van der Waals surface area contributed by atoms with Gasteiger partial charge in [0.05, 0.1) is 16.1 Å². The van der Waals surface area contributed by atoms with Gasteiger partial charge in [-0.15, -0.1) is 0 Å². The second-order valence-corrected chi connectivity index (χ2v) is 7.14. The summed E-state index contributed by atoms with van der Waals surface area (Å²) in [5, 5.41) is 2.14. The van der Waals surface area contributed by atoms with Crippen molar-refractivity contribution in [2.45, 2.75) is 11.1 Å². The first-order valence-corrected chi connectivity index (χ1v) is 8.85. The topological polar surface area (TPSA) is 72.5 Å². The normalized spacial score (nSPS) is 11.8. The third-order valence-corrected chi connectivity index (χ3v) is 4.26. The lowest BCUT2D eigenvalue weighted by atomic mass is 10.1. The zero-order chi connectivity index (χ0) is 18.7. The van der Waals surface area contributed by atoms with Gasteiger partial charge in [0.2, 0.25) is 0 Å². The Morgan fingerprint density at radius 2 is 1.68 bits per heavy atom. The molecule has 1 amide bonds. The average Bonchev–Trinajstić information content (AvgIpc) is 2.52. The predicted molar refractivity (Wildman–Crippen MR) is 85.1 cm³/mol. The molecule has 1 N–H and O–H groups in total. The van der Waals surface area contributed by atoms with Crippen molar-refractivity contribution in [1.82, 2.24) is 0 Å². The first kappa shape index (κ1) is 18.8.